The number of hydrogen-bond donors (Lipinski definition) is 1. The highest BCUT2D eigenvalue weighted by Gasteiger charge is 2.31. The second-order valence-electron chi connectivity index (χ2n) is 7.49. The Kier molecular flexibility index (Phi) is 6.40. The molecule has 1 aliphatic rings. The Morgan fingerprint density at radius 1 is 1.09 bits per heavy atom. The third kappa shape index (κ3) is 5.85. The maximum Gasteiger partial charge on any atom is 0.573 e. The van der Waals surface area contributed by atoms with E-state index in [0.717, 1.165) is 5.56 Å². The molecule has 1 N–H and O–H groups in total. The zero-order valence-corrected chi connectivity index (χ0v) is 17.0. The highest BCUT2D eigenvalue weighted by molar-refractivity contribution is 5.92. The summed E-state index contributed by atoms with van der Waals surface area (Å²) in [6.45, 7) is 1.90. The van der Waals surface area contributed by atoms with E-state index in [9.17, 15) is 18.0 Å². The molecule has 0 spiro atoms. The van der Waals surface area contributed by atoms with Gasteiger partial charge in [0.1, 0.15) is 5.75 Å². The lowest BCUT2D eigenvalue weighted by atomic mass is 9.96. The summed E-state index contributed by atoms with van der Waals surface area (Å²) >= 11 is 0. The van der Waals surface area contributed by atoms with Crippen molar-refractivity contribution in [1.82, 2.24) is 15.0 Å². The van der Waals surface area contributed by atoms with Gasteiger partial charge in [-0.05, 0) is 50.2 Å². The molecule has 0 radical (unpaired) electrons. The number of aromatic nitrogens is 2. The fourth-order valence-corrected chi connectivity index (χ4v) is 3.55. The van der Waals surface area contributed by atoms with Crippen molar-refractivity contribution in [2.45, 2.75) is 25.7 Å². The minimum Gasteiger partial charge on any atom is -0.406 e. The van der Waals surface area contributed by atoms with Gasteiger partial charge in [-0.2, -0.15) is 4.98 Å². The molecule has 0 atom stereocenters. The molecule has 168 valence electrons. The van der Waals surface area contributed by atoms with Gasteiger partial charge in [-0.3, -0.25) is 9.69 Å². The van der Waals surface area contributed by atoms with Gasteiger partial charge in [0.15, 0.2) is 0 Å². The maximum atomic E-state index is 12.5. The number of piperidine rings is 1. The summed E-state index contributed by atoms with van der Waals surface area (Å²) in [4.78, 5) is 19.1. The van der Waals surface area contributed by atoms with Gasteiger partial charge in [0.2, 0.25) is 17.6 Å². The predicted molar refractivity (Wildman–Crippen MR) is 109 cm³/mol. The molecule has 2 heterocycles. The van der Waals surface area contributed by atoms with Crippen LogP contribution in [0.4, 0.5) is 18.9 Å². The number of carbonyl (C=O) groups is 1. The summed E-state index contributed by atoms with van der Waals surface area (Å²) < 4.78 is 45.9. The number of halogens is 3. The van der Waals surface area contributed by atoms with Crippen LogP contribution in [0.25, 0.3) is 11.4 Å². The number of benzene rings is 2. The molecule has 0 bridgehead atoms. The Hall–Kier alpha value is -3.40. The fourth-order valence-electron chi connectivity index (χ4n) is 3.55. The molecular formula is C22H21F3N4O3. The number of amides is 1. The standard InChI is InChI=1S/C22H21F3N4O3/c23-22(24,25)31-18-8-6-17(7-9-18)26-21(30)16-10-12-29(13-11-16)14-19-27-20(28-32-19)15-4-2-1-3-5-15/h1-9,16H,10-14H2,(H,26,30). The Morgan fingerprint density at radius 3 is 2.44 bits per heavy atom. The summed E-state index contributed by atoms with van der Waals surface area (Å²) in [6.07, 6.45) is -3.44. The molecule has 1 fully saturated rings. The summed E-state index contributed by atoms with van der Waals surface area (Å²) in [5.74, 6) is 0.396. The first-order valence-corrected chi connectivity index (χ1v) is 10.1. The summed E-state index contributed by atoms with van der Waals surface area (Å²) in [5, 5.41) is 6.77. The highest BCUT2D eigenvalue weighted by atomic mass is 19.4. The van der Waals surface area contributed by atoms with Crippen molar-refractivity contribution in [3.63, 3.8) is 0 Å². The fraction of sp³-hybridized carbons (Fsp3) is 0.318. The van der Waals surface area contributed by atoms with E-state index < -0.39 is 6.36 Å². The van der Waals surface area contributed by atoms with Gasteiger partial charge in [-0.1, -0.05) is 35.5 Å². The summed E-state index contributed by atoms with van der Waals surface area (Å²) in [7, 11) is 0. The molecule has 1 saturated heterocycles. The number of alkyl halides is 3. The molecule has 0 saturated carbocycles. The van der Waals surface area contributed by atoms with E-state index in [1.165, 1.54) is 24.3 Å². The molecule has 1 amide bonds. The van der Waals surface area contributed by atoms with Gasteiger partial charge < -0.3 is 14.6 Å². The van der Waals surface area contributed by atoms with Gasteiger partial charge in [-0.15, -0.1) is 13.2 Å². The van der Waals surface area contributed by atoms with Crippen molar-refractivity contribution >= 4 is 11.6 Å². The highest BCUT2D eigenvalue weighted by Crippen LogP contribution is 2.25. The van der Waals surface area contributed by atoms with E-state index in [1.54, 1.807) is 0 Å². The van der Waals surface area contributed by atoms with Crippen molar-refractivity contribution in [2.24, 2.45) is 5.92 Å². The molecule has 0 unspecified atom stereocenters. The molecule has 32 heavy (non-hydrogen) atoms. The van der Waals surface area contributed by atoms with Crippen LogP contribution in [0.2, 0.25) is 0 Å². The lowest BCUT2D eigenvalue weighted by Gasteiger charge is -2.30. The van der Waals surface area contributed by atoms with E-state index in [-0.39, 0.29) is 17.6 Å². The molecule has 1 aromatic heterocycles. The summed E-state index contributed by atoms with van der Waals surface area (Å²) in [5.41, 5.74) is 1.31. The minimum absolute atomic E-state index is 0.154. The molecule has 10 heteroatoms. The monoisotopic (exact) mass is 446 g/mol. The average molecular weight is 446 g/mol. The van der Waals surface area contributed by atoms with Crippen LogP contribution in [0.1, 0.15) is 18.7 Å². The van der Waals surface area contributed by atoms with E-state index in [0.29, 0.717) is 49.9 Å². The number of nitrogens with one attached hydrogen (secondary N) is 1. The van der Waals surface area contributed by atoms with Crippen molar-refractivity contribution in [1.29, 1.82) is 0 Å². The van der Waals surface area contributed by atoms with Gasteiger partial charge >= 0.3 is 6.36 Å². The van der Waals surface area contributed by atoms with Crippen LogP contribution in [0.5, 0.6) is 5.75 Å². The van der Waals surface area contributed by atoms with Crippen molar-refractivity contribution in [3.8, 4) is 17.1 Å². The van der Waals surface area contributed by atoms with Crippen LogP contribution in [0.3, 0.4) is 0 Å². The number of hydrogen-bond acceptors (Lipinski definition) is 6. The quantitative estimate of drug-likeness (QED) is 0.601. The summed E-state index contributed by atoms with van der Waals surface area (Å²) in [6, 6.07) is 14.7. The van der Waals surface area contributed by atoms with Crippen molar-refractivity contribution in [2.75, 3.05) is 18.4 Å². The number of nitrogens with zero attached hydrogens (tertiary/aromatic N) is 3. The van der Waals surface area contributed by atoms with Crippen molar-refractivity contribution in [3.05, 3.63) is 60.5 Å². The Bertz CT molecular complexity index is 1030. The van der Waals surface area contributed by atoms with Gasteiger partial charge in [0, 0.05) is 17.2 Å². The third-order valence-corrected chi connectivity index (χ3v) is 5.17. The van der Waals surface area contributed by atoms with E-state index in [2.05, 4.69) is 25.1 Å². The predicted octanol–water partition coefficient (Wildman–Crippen LogP) is 4.49. The largest absolute Gasteiger partial charge is 0.573 e. The van der Waals surface area contributed by atoms with Gasteiger partial charge in [0.05, 0.1) is 6.54 Å². The lowest BCUT2D eigenvalue weighted by Crippen LogP contribution is -2.37. The number of rotatable bonds is 6. The molecule has 2 aromatic carbocycles. The normalized spacial score (nSPS) is 15.5. The first kappa shape index (κ1) is 21.8. The third-order valence-electron chi connectivity index (χ3n) is 5.17. The van der Waals surface area contributed by atoms with Crippen LogP contribution in [-0.2, 0) is 11.3 Å². The lowest BCUT2D eigenvalue weighted by molar-refractivity contribution is -0.274. The smallest absolute Gasteiger partial charge is 0.406 e. The van der Waals surface area contributed by atoms with E-state index in [4.69, 9.17) is 4.52 Å². The second-order valence-corrected chi connectivity index (χ2v) is 7.49. The van der Waals surface area contributed by atoms with Crippen molar-refractivity contribution < 1.29 is 27.2 Å². The second kappa shape index (κ2) is 9.39. The number of ether oxygens (including phenoxy) is 1. The van der Waals surface area contributed by atoms with Crippen LogP contribution < -0.4 is 10.1 Å². The molecule has 7 nitrogen and oxygen atoms in total. The SMILES string of the molecule is O=C(Nc1ccc(OC(F)(F)F)cc1)C1CCN(Cc2nc(-c3ccccc3)no2)CC1. The Labute approximate surface area is 182 Å². The molecule has 4 rings (SSSR count). The molecule has 3 aromatic rings. The van der Waals surface area contributed by atoms with Crippen LogP contribution in [0, 0.1) is 5.92 Å². The molecule has 0 aliphatic carbocycles. The maximum absolute atomic E-state index is 12.5. The zero-order chi connectivity index (χ0) is 22.6. The number of anilines is 1. The van der Waals surface area contributed by atoms with Crippen LogP contribution in [0.15, 0.2) is 59.1 Å². The Balaban J connectivity index is 1.25. The number of likely N-dealkylation sites (tertiary alicyclic amines) is 1. The van der Waals surface area contributed by atoms with E-state index >= 15 is 0 Å². The van der Waals surface area contributed by atoms with Gasteiger partial charge in [0.25, 0.3) is 0 Å². The number of carbonyl (C=O) groups excluding carboxylic acids is 1. The van der Waals surface area contributed by atoms with Gasteiger partial charge in [-0.25, -0.2) is 0 Å². The first-order valence-electron chi connectivity index (χ1n) is 10.1. The minimum atomic E-state index is -4.75. The van der Waals surface area contributed by atoms with Crippen LogP contribution in [-0.4, -0.2) is 40.4 Å². The topological polar surface area (TPSA) is 80.5 Å². The zero-order valence-electron chi connectivity index (χ0n) is 17.0. The molecule has 1 aliphatic heterocycles. The molecular weight excluding hydrogens is 425 g/mol. The first-order chi connectivity index (χ1) is 15.4. The average Bonchev–Trinajstić information content (AvgIpc) is 3.24. The van der Waals surface area contributed by atoms with E-state index in [1.807, 2.05) is 30.3 Å². The Morgan fingerprint density at radius 2 is 1.78 bits per heavy atom. The van der Waals surface area contributed by atoms with Crippen LogP contribution >= 0.6 is 0 Å².